The summed E-state index contributed by atoms with van der Waals surface area (Å²) in [5, 5.41) is 7.37. The van der Waals surface area contributed by atoms with Crippen LogP contribution in [0.25, 0.3) is 11.0 Å². The lowest BCUT2D eigenvalue weighted by Crippen LogP contribution is -2.37. The number of nitrogens with one attached hydrogen (secondary N) is 2. The second-order valence-corrected chi connectivity index (χ2v) is 6.78. The molecular weight excluding hydrogens is 387 g/mol. The molecule has 2 N–H and O–H groups in total. The lowest BCUT2D eigenvalue weighted by molar-refractivity contribution is -0.119. The van der Waals surface area contributed by atoms with Gasteiger partial charge in [-0.1, -0.05) is 18.2 Å². The molecule has 0 bridgehead atoms. The molecule has 1 unspecified atom stereocenters. The molecule has 1 amide bonds. The van der Waals surface area contributed by atoms with Crippen LogP contribution in [0, 0.1) is 5.82 Å². The molecule has 0 aliphatic carbocycles. The van der Waals surface area contributed by atoms with Gasteiger partial charge in [-0.25, -0.2) is 4.39 Å². The highest BCUT2D eigenvalue weighted by Crippen LogP contribution is 2.33. The van der Waals surface area contributed by atoms with Gasteiger partial charge in [0.15, 0.2) is 0 Å². The van der Waals surface area contributed by atoms with Crippen LogP contribution in [0.1, 0.15) is 35.4 Å². The van der Waals surface area contributed by atoms with Crippen LogP contribution < -0.4 is 10.6 Å². The molecule has 2 aromatic carbocycles. The molecule has 7 heteroatoms. The Morgan fingerprint density at radius 3 is 2.60 bits per heavy atom. The Morgan fingerprint density at radius 2 is 1.90 bits per heavy atom. The summed E-state index contributed by atoms with van der Waals surface area (Å²) in [6, 6.07) is 12.8. The van der Waals surface area contributed by atoms with Crippen molar-refractivity contribution in [3.05, 3.63) is 70.7 Å². The summed E-state index contributed by atoms with van der Waals surface area (Å²) in [5.74, 6) is 0.645. The van der Waals surface area contributed by atoms with Crippen LogP contribution in [-0.2, 0) is 27.2 Å². The number of carbonyl (C=O) groups is 3. The number of benzene rings is 2. The van der Waals surface area contributed by atoms with E-state index in [0.29, 0.717) is 13.0 Å². The van der Waals surface area contributed by atoms with E-state index in [1.165, 1.54) is 18.6 Å². The standard InChI is InChI=1S/C21H21FN2O2.2CH2O/c1-13(25)24-12-19-21-17(7-8-23-19)18-11-15(5-6-20(18)26-21)9-14-3-2-4-16(22)10-14;2*1-2/h2-6,10-11,19,23H,7-9,12H2,1H3,(H,24,25);2*1H2. The first-order chi connectivity index (χ1) is 14.6. The van der Waals surface area contributed by atoms with Crippen molar-refractivity contribution in [3.8, 4) is 0 Å². The highest BCUT2D eigenvalue weighted by molar-refractivity contribution is 5.83. The Labute approximate surface area is 174 Å². The first kappa shape index (κ1) is 23.0. The molecule has 158 valence electrons. The number of hydrogen-bond acceptors (Lipinski definition) is 5. The summed E-state index contributed by atoms with van der Waals surface area (Å²) >= 11 is 0. The van der Waals surface area contributed by atoms with E-state index in [2.05, 4.69) is 16.7 Å². The number of rotatable bonds is 4. The molecule has 0 radical (unpaired) electrons. The van der Waals surface area contributed by atoms with E-state index in [9.17, 15) is 9.18 Å². The maximum Gasteiger partial charge on any atom is 0.216 e. The van der Waals surface area contributed by atoms with Crippen molar-refractivity contribution in [1.82, 2.24) is 10.6 Å². The van der Waals surface area contributed by atoms with Crippen molar-refractivity contribution in [2.75, 3.05) is 13.1 Å². The zero-order valence-corrected chi connectivity index (χ0v) is 16.9. The maximum atomic E-state index is 13.4. The SMILES string of the molecule is C=O.C=O.CC(=O)NCC1NCCc2c1oc1ccc(Cc3cccc(F)c3)cc21. The van der Waals surface area contributed by atoms with E-state index in [0.717, 1.165) is 40.8 Å². The Balaban J connectivity index is 0.000000757. The Kier molecular flexibility index (Phi) is 8.43. The number of amides is 1. The molecule has 30 heavy (non-hydrogen) atoms. The summed E-state index contributed by atoms with van der Waals surface area (Å²) < 4.78 is 19.5. The van der Waals surface area contributed by atoms with Gasteiger partial charge in [-0.15, -0.1) is 0 Å². The van der Waals surface area contributed by atoms with Crippen LogP contribution in [0.4, 0.5) is 4.39 Å². The van der Waals surface area contributed by atoms with Gasteiger partial charge in [0.25, 0.3) is 0 Å². The van der Waals surface area contributed by atoms with Gasteiger partial charge in [-0.3, -0.25) is 4.79 Å². The predicted molar refractivity (Wildman–Crippen MR) is 113 cm³/mol. The van der Waals surface area contributed by atoms with Gasteiger partial charge in [0.1, 0.15) is 30.7 Å². The first-order valence-corrected chi connectivity index (χ1v) is 9.44. The second kappa shape index (κ2) is 11.0. The fourth-order valence-electron chi connectivity index (χ4n) is 3.62. The van der Waals surface area contributed by atoms with Crippen LogP contribution >= 0.6 is 0 Å². The number of fused-ring (bicyclic) bond motifs is 3. The lowest BCUT2D eigenvalue weighted by atomic mass is 9.97. The first-order valence-electron chi connectivity index (χ1n) is 9.44. The molecular formula is C23H25FN2O4. The Hall–Kier alpha value is -3.32. The van der Waals surface area contributed by atoms with E-state index < -0.39 is 0 Å². The minimum absolute atomic E-state index is 0.0123. The topological polar surface area (TPSA) is 88.4 Å². The number of hydrogen-bond donors (Lipinski definition) is 2. The maximum absolute atomic E-state index is 13.4. The zero-order valence-electron chi connectivity index (χ0n) is 16.9. The van der Waals surface area contributed by atoms with Crippen molar-refractivity contribution in [1.29, 1.82) is 0 Å². The molecule has 1 aromatic heterocycles. The molecule has 3 aromatic rings. The summed E-state index contributed by atoms with van der Waals surface area (Å²) in [6.07, 6.45) is 1.57. The van der Waals surface area contributed by atoms with Gasteiger partial charge in [0.05, 0.1) is 6.04 Å². The average molecular weight is 412 g/mol. The third-order valence-corrected chi connectivity index (χ3v) is 4.82. The van der Waals surface area contributed by atoms with E-state index in [4.69, 9.17) is 14.0 Å². The third kappa shape index (κ3) is 5.39. The molecule has 0 fully saturated rings. The predicted octanol–water partition coefficient (Wildman–Crippen LogP) is 3.12. The summed E-state index contributed by atoms with van der Waals surface area (Å²) in [6.45, 7) is 6.87. The van der Waals surface area contributed by atoms with Crippen molar-refractivity contribution in [2.45, 2.75) is 25.8 Å². The minimum Gasteiger partial charge on any atom is -0.459 e. The van der Waals surface area contributed by atoms with Crippen molar-refractivity contribution < 1.29 is 23.2 Å². The van der Waals surface area contributed by atoms with Crippen molar-refractivity contribution in [3.63, 3.8) is 0 Å². The van der Waals surface area contributed by atoms with Gasteiger partial charge in [-0.2, -0.15) is 0 Å². The lowest BCUT2D eigenvalue weighted by Gasteiger charge is -2.22. The fourth-order valence-corrected chi connectivity index (χ4v) is 3.62. The smallest absolute Gasteiger partial charge is 0.216 e. The molecule has 0 spiro atoms. The summed E-state index contributed by atoms with van der Waals surface area (Å²) in [7, 11) is 0. The van der Waals surface area contributed by atoms with E-state index >= 15 is 0 Å². The van der Waals surface area contributed by atoms with E-state index in [1.807, 2.05) is 31.8 Å². The highest BCUT2D eigenvalue weighted by Gasteiger charge is 2.26. The van der Waals surface area contributed by atoms with E-state index in [-0.39, 0.29) is 17.8 Å². The molecule has 0 saturated carbocycles. The normalized spacial score (nSPS) is 14.5. The molecule has 6 nitrogen and oxygen atoms in total. The monoisotopic (exact) mass is 412 g/mol. The van der Waals surface area contributed by atoms with Crippen LogP contribution in [0.5, 0.6) is 0 Å². The molecule has 1 aliphatic rings. The van der Waals surface area contributed by atoms with Gasteiger partial charge >= 0.3 is 0 Å². The largest absolute Gasteiger partial charge is 0.459 e. The van der Waals surface area contributed by atoms with Gasteiger partial charge in [-0.05, 0) is 48.2 Å². The molecule has 4 rings (SSSR count). The van der Waals surface area contributed by atoms with Crippen LogP contribution in [0.3, 0.4) is 0 Å². The van der Waals surface area contributed by atoms with Gasteiger partial charge in [0.2, 0.25) is 5.91 Å². The van der Waals surface area contributed by atoms with E-state index in [1.54, 1.807) is 12.1 Å². The summed E-state index contributed by atoms with van der Waals surface area (Å²) in [4.78, 5) is 27.2. The van der Waals surface area contributed by atoms with Crippen LogP contribution in [0.15, 0.2) is 46.9 Å². The van der Waals surface area contributed by atoms with Gasteiger partial charge in [0, 0.05) is 31.0 Å². The molecule has 2 heterocycles. The van der Waals surface area contributed by atoms with Crippen LogP contribution in [-0.4, -0.2) is 32.6 Å². The molecule has 0 saturated heterocycles. The fraction of sp³-hybridized carbons (Fsp3) is 0.261. The number of carbonyl (C=O) groups excluding carboxylic acids is 3. The Bertz CT molecular complexity index is 1000. The number of furan rings is 1. The molecule has 1 atom stereocenters. The second-order valence-electron chi connectivity index (χ2n) is 6.78. The Morgan fingerprint density at radius 1 is 1.17 bits per heavy atom. The third-order valence-electron chi connectivity index (χ3n) is 4.82. The summed E-state index contributed by atoms with van der Waals surface area (Å²) in [5.41, 5.74) is 4.14. The highest BCUT2D eigenvalue weighted by atomic mass is 19.1. The number of halogens is 1. The zero-order chi connectivity index (χ0) is 22.1. The van der Waals surface area contributed by atoms with Crippen LogP contribution in [0.2, 0.25) is 0 Å². The van der Waals surface area contributed by atoms with Crippen molar-refractivity contribution >= 4 is 30.5 Å². The quantitative estimate of drug-likeness (QED) is 0.687. The molecule has 1 aliphatic heterocycles. The average Bonchev–Trinajstić information content (AvgIpc) is 3.14. The van der Waals surface area contributed by atoms with Gasteiger partial charge < -0.3 is 24.6 Å². The van der Waals surface area contributed by atoms with Crippen molar-refractivity contribution in [2.24, 2.45) is 0 Å². The minimum atomic E-state index is -0.212.